The van der Waals surface area contributed by atoms with E-state index in [2.05, 4.69) is 13.5 Å². The molecule has 0 amide bonds. The molecule has 0 aromatic heterocycles. The van der Waals surface area contributed by atoms with Gasteiger partial charge in [0.05, 0.1) is 12.0 Å². The molecule has 80 valence electrons. The third-order valence-electron chi connectivity index (χ3n) is 2.67. The Hall–Kier alpha value is -0.830. The zero-order valence-electron chi connectivity index (χ0n) is 8.66. The lowest BCUT2D eigenvalue weighted by Crippen LogP contribution is -2.21. The highest BCUT2D eigenvalue weighted by Crippen LogP contribution is 2.25. The third kappa shape index (κ3) is 2.58. The molecule has 3 nitrogen and oxygen atoms in total. The van der Waals surface area contributed by atoms with Crippen LogP contribution >= 0.6 is 0 Å². The van der Waals surface area contributed by atoms with Crippen molar-refractivity contribution in [3.8, 4) is 0 Å². The molecule has 1 heterocycles. The average molecular weight is 198 g/mol. The molecule has 0 aliphatic carbocycles. The van der Waals surface area contributed by atoms with Crippen LogP contribution < -0.4 is 0 Å². The lowest BCUT2D eigenvalue weighted by Gasteiger charge is -2.15. The minimum absolute atomic E-state index is 0.181. The minimum Gasteiger partial charge on any atom is -0.462 e. The summed E-state index contributed by atoms with van der Waals surface area (Å²) in [6, 6.07) is 0. The molecule has 0 saturated carbocycles. The number of esters is 1. The van der Waals surface area contributed by atoms with Crippen LogP contribution in [0.3, 0.4) is 0 Å². The van der Waals surface area contributed by atoms with Crippen molar-refractivity contribution in [1.82, 2.24) is 0 Å². The average Bonchev–Trinajstić information content (AvgIpc) is 2.48. The molecule has 0 aromatic rings. The smallest absolute Gasteiger partial charge is 0.333 e. The molecule has 1 saturated heterocycles. The molecule has 2 atom stereocenters. The van der Waals surface area contributed by atoms with E-state index < -0.39 is 6.10 Å². The van der Waals surface area contributed by atoms with Crippen LogP contribution in [-0.4, -0.2) is 23.8 Å². The molecular weight excluding hydrogens is 180 g/mol. The second-order valence-electron chi connectivity index (χ2n) is 3.79. The van der Waals surface area contributed by atoms with Crippen LogP contribution in [0.1, 0.15) is 32.6 Å². The van der Waals surface area contributed by atoms with E-state index in [9.17, 15) is 9.90 Å². The summed E-state index contributed by atoms with van der Waals surface area (Å²) in [5.74, 6) is -0.538. The number of carbonyl (C=O) groups excluding carboxylic acids is 1. The van der Waals surface area contributed by atoms with Crippen molar-refractivity contribution in [2.24, 2.45) is 5.92 Å². The predicted octanol–water partition coefficient (Wildman–Crippen LogP) is 1.66. The van der Waals surface area contributed by atoms with Crippen LogP contribution in [0.4, 0.5) is 0 Å². The molecule has 0 radical (unpaired) electrons. The van der Waals surface area contributed by atoms with Crippen LogP contribution in [0, 0.1) is 5.92 Å². The third-order valence-corrected chi connectivity index (χ3v) is 2.67. The van der Waals surface area contributed by atoms with E-state index in [1.165, 1.54) is 0 Å². The summed E-state index contributed by atoms with van der Waals surface area (Å²) in [5, 5.41) is 9.77. The summed E-state index contributed by atoms with van der Waals surface area (Å²) in [6.07, 6.45) is 3.50. The number of hydrogen-bond donors (Lipinski definition) is 1. The van der Waals surface area contributed by atoms with Gasteiger partial charge in [-0.15, -0.1) is 0 Å². The maximum absolute atomic E-state index is 11.0. The second-order valence-corrected chi connectivity index (χ2v) is 3.79. The Labute approximate surface area is 84.8 Å². The second kappa shape index (κ2) is 5.15. The molecule has 2 unspecified atom stereocenters. The first-order valence-corrected chi connectivity index (χ1v) is 5.20. The normalized spacial score (nSPS) is 23.7. The summed E-state index contributed by atoms with van der Waals surface area (Å²) in [5.41, 5.74) is 0.425. The number of aliphatic hydroxyl groups excluding tert-OH is 1. The molecule has 0 aromatic carbocycles. The first kappa shape index (κ1) is 11.2. The Bertz CT molecular complexity index is 223. The van der Waals surface area contributed by atoms with Crippen molar-refractivity contribution >= 4 is 5.97 Å². The van der Waals surface area contributed by atoms with Gasteiger partial charge in [0.1, 0.15) is 6.61 Å². The molecule has 14 heavy (non-hydrogen) atoms. The number of hydrogen-bond acceptors (Lipinski definition) is 3. The van der Waals surface area contributed by atoms with Gasteiger partial charge in [-0.2, -0.15) is 0 Å². The maximum atomic E-state index is 11.0. The van der Waals surface area contributed by atoms with Crippen molar-refractivity contribution in [2.45, 2.75) is 38.7 Å². The summed E-state index contributed by atoms with van der Waals surface area (Å²) < 4.78 is 4.81. The molecular formula is C11H18O3. The highest BCUT2D eigenvalue weighted by Gasteiger charge is 2.33. The lowest BCUT2D eigenvalue weighted by molar-refractivity contribution is -0.135. The Kier molecular flexibility index (Phi) is 4.14. The van der Waals surface area contributed by atoms with Crippen molar-refractivity contribution in [3.63, 3.8) is 0 Å². The number of unbranched alkanes of at least 4 members (excludes halogenated alkanes) is 2. The first-order chi connectivity index (χ1) is 6.66. The van der Waals surface area contributed by atoms with E-state index in [-0.39, 0.29) is 11.9 Å². The number of ether oxygens (including phenoxy) is 1. The van der Waals surface area contributed by atoms with Gasteiger partial charge in [0.2, 0.25) is 0 Å². The van der Waals surface area contributed by atoms with Gasteiger partial charge >= 0.3 is 5.97 Å². The van der Waals surface area contributed by atoms with Gasteiger partial charge in [-0.3, -0.25) is 0 Å². The van der Waals surface area contributed by atoms with E-state index in [1.807, 2.05) is 0 Å². The Morgan fingerprint density at radius 3 is 2.86 bits per heavy atom. The minimum atomic E-state index is -0.472. The number of aliphatic hydroxyl groups is 1. The van der Waals surface area contributed by atoms with Crippen LogP contribution in [0.25, 0.3) is 0 Å². The van der Waals surface area contributed by atoms with Gasteiger partial charge in [0, 0.05) is 5.57 Å². The fourth-order valence-electron chi connectivity index (χ4n) is 1.66. The van der Waals surface area contributed by atoms with E-state index in [4.69, 9.17) is 4.74 Å². The zero-order chi connectivity index (χ0) is 10.6. The van der Waals surface area contributed by atoms with Gasteiger partial charge < -0.3 is 9.84 Å². The standard InChI is InChI=1S/C11H18O3/c1-3-4-5-6-10(12)9-7-14-11(13)8(9)2/h9-10,12H,2-7H2,1H3. The molecule has 0 bridgehead atoms. The molecule has 1 fully saturated rings. The summed E-state index contributed by atoms with van der Waals surface area (Å²) in [4.78, 5) is 11.0. The Balaban J connectivity index is 2.34. The number of rotatable bonds is 5. The maximum Gasteiger partial charge on any atom is 0.333 e. The Morgan fingerprint density at radius 1 is 1.64 bits per heavy atom. The highest BCUT2D eigenvalue weighted by atomic mass is 16.5. The van der Waals surface area contributed by atoms with Crippen LogP contribution in [-0.2, 0) is 9.53 Å². The quantitative estimate of drug-likeness (QED) is 0.415. The Morgan fingerprint density at radius 2 is 2.36 bits per heavy atom. The molecule has 3 heteroatoms. The SMILES string of the molecule is C=C1C(=O)OCC1C(O)CCCCC. The number of cyclic esters (lactones) is 1. The van der Waals surface area contributed by atoms with Gasteiger partial charge in [-0.1, -0.05) is 32.8 Å². The summed E-state index contributed by atoms with van der Waals surface area (Å²) in [7, 11) is 0. The summed E-state index contributed by atoms with van der Waals surface area (Å²) in [6.45, 7) is 6.05. The first-order valence-electron chi connectivity index (χ1n) is 5.20. The molecule has 1 aliphatic heterocycles. The predicted molar refractivity (Wildman–Crippen MR) is 53.7 cm³/mol. The highest BCUT2D eigenvalue weighted by molar-refractivity contribution is 5.90. The monoisotopic (exact) mass is 198 g/mol. The fraction of sp³-hybridized carbons (Fsp3) is 0.727. The van der Waals surface area contributed by atoms with E-state index in [0.717, 1.165) is 25.7 Å². The van der Waals surface area contributed by atoms with Crippen LogP contribution in [0.2, 0.25) is 0 Å². The van der Waals surface area contributed by atoms with Crippen molar-refractivity contribution in [2.75, 3.05) is 6.61 Å². The van der Waals surface area contributed by atoms with Gasteiger partial charge in [-0.25, -0.2) is 4.79 Å². The van der Waals surface area contributed by atoms with Crippen LogP contribution in [0.5, 0.6) is 0 Å². The van der Waals surface area contributed by atoms with E-state index in [0.29, 0.717) is 12.2 Å². The van der Waals surface area contributed by atoms with E-state index in [1.54, 1.807) is 0 Å². The topological polar surface area (TPSA) is 46.5 Å². The van der Waals surface area contributed by atoms with Crippen molar-refractivity contribution in [3.05, 3.63) is 12.2 Å². The van der Waals surface area contributed by atoms with Crippen molar-refractivity contribution in [1.29, 1.82) is 0 Å². The fourth-order valence-corrected chi connectivity index (χ4v) is 1.66. The molecule has 1 rings (SSSR count). The molecule has 1 N–H and O–H groups in total. The largest absolute Gasteiger partial charge is 0.462 e. The van der Waals surface area contributed by atoms with Crippen LogP contribution in [0.15, 0.2) is 12.2 Å². The molecule has 1 aliphatic rings. The van der Waals surface area contributed by atoms with Gasteiger partial charge in [0.25, 0.3) is 0 Å². The van der Waals surface area contributed by atoms with Crippen molar-refractivity contribution < 1.29 is 14.6 Å². The van der Waals surface area contributed by atoms with E-state index >= 15 is 0 Å². The molecule has 0 spiro atoms. The lowest BCUT2D eigenvalue weighted by atomic mass is 9.93. The number of carbonyl (C=O) groups is 1. The zero-order valence-corrected chi connectivity index (χ0v) is 8.66. The van der Waals surface area contributed by atoms with Gasteiger partial charge in [0.15, 0.2) is 0 Å². The van der Waals surface area contributed by atoms with Gasteiger partial charge in [-0.05, 0) is 6.42 Å². The summed E-state index contributed by atoms with van der Waals surface area (Å²) >= 11 is 0.